The Bertz CT molecular complexity index is 362. The Balaban J connectivity index is 2.54. The minimum atomic E-state index is -1.01. The molecule has 0 aliphatic heterocycles. The van der Waals surface area contributed by atoms with Crippen molar-refractivity contribution in [1.82, 2.24) is 5.32 Å². The van der Waals surface area contributed by atoms with Gasteiger partial charge >= 0.3 is 5.97 Å². The molecule has 1 amide bonds. The molecule has 1 heterocycles. The standard InChI is InChI=1S/C9H12N2O3S/c10-4-1-5-11-8(12)6-2-3-7(15-6)9(13)14/h2-3H,1,4-5,10H2,(H,11,12)(H,13,14). The van der Waals surface area contributed by atoms with Gasteiger partial charge < -0.3 is 16.2 Å². The molecule has 5 nitrogen and oxygen atoms in total. The third-order valence-electron chi connectivity index (χ3n) is 1.71. The van der Waals surface area contributed by atoms with Gasteiger partial charge in [-0.15, -0.1) is 11.3 Å². The number of amides is 1. The van der Waals surface area contributed by atoms with Gasteiger partial charge in [-0.25, -0.2) is 4.79 Å². The SMILES string of the molecule is NCCCNC(=O)c1ccc(C(=O)O)s1. The van der Waals surface area contributed by atoms with Crippen molar-refractivity contribution in [3.05, 3.63) is 21.9 Å². The number of carboxylic acid groups (broad SMARTS) is 1. The first-order valence-electron chi connectivity index (χ1n) is 4.46. The maximum absolute atomic E-state index is 11.4. The predicted molar refractivity (Wildman–Crippen MR) is 57.3 cm³/mol. The van der Waals surface area contributed by atoms with E-state index in [1.54, 1.807) is 0 Å². The van der Waals surface area contributed by atoms with Crippen LogP contribution < -0.4 is 11.1 Å². The predicted octanol–water partition coefficient (Wildman–Crippen LogP) is 0.525. The fourth-order valence-corrected chi connectivity index (χ4v) is 1.73. The van der Waals surface area contributed by atoms with Crippen molar-refractivity contribution in [2.24, 2.45) is 5.73 Å². The molecule has 15 heavy (non-hydrogen) atoms. The molecule has 1 rings (SSSR count). The molecule has 4 N–H and O–H groups in total. The van der Waals surface area contributed by atoms with Crippen molar-refractivity contribution < 1.29 is 14.7 Å². The molecule has 1 aromatic heterocycles. The molecule has 0 fully saturated rings. The van der Waals surface area contributed by atoms with Gasteiger partial charge in [0.15, 0.2) is 0 Å². The molecule has 0 aliphatic carbocycles. The number of carbonyl (C=O) groups is 2. The zero-order valence-electron chi connectivity index (χ0n) is 8.03. The van der Waals surface area contributed by atoms with Gasteiger partial charge in [0, 0.05) is 6.54 Å². The van der Waals surface area contributed by atoms with E-state index in [1.807, 2.05) is 0 Å². The van der Waals surface area contributed by atoms with Crippen LogP contribution in [0.15, 0.2) is 12.1 Å². The van der Waals surface area contributed by atoms with Crippen molar-refractivity contribution in [3.8, 4) is 0 Å². The van der Waals surface area contributed by atoms with Gasteiger partial charge in [-0.05, 0) is 25.1 Å². The van der Waals surface area contributed by atoms with Gasteiger partial charge in [0.1, 0.15) is 4.88 Å². The molecule has 0 saturated heterocycles. The summed E-state index contributed by atoms with van der Waals surface area (Å²) >= 11 is 0.964. The summed E-state index contributed by atoms with van der Waals surface area (Å²) < 4.78 is 0. The summed E-state index contributed by atoms with van der Waals surface area (Å²) in [6.45, 7) is 1.03. The molecule has 0 aromatic carbocycles. The number of nitrogens with one attached hydrogen (secondary N) is 1. The monoisotopic (exact) mass is 228 g/mol. The summed E-state index contributed by atoms with van der Waals surface area (Å²) in [6, 6.07) is 2.93. The summed E-state index contributed by atoms with van der Waals surface area (Å²) in [5.74, 6) is -1.26. The fourth-order valence-electron chi connectivity index (χ4n) is 0.966. The summed E-state index contributed by atoms with van der Waals surface area (Å²) in [5, 5.41) is 11.3. The Morgan fingerprint density at radius 3 is 2.60 bits per heavy atom. The second-order valence-corrected chi connectivity index (χ2v) is 3.95. The van der Waals surface area contributed by atoms with Crippen molar-refractivity contribution in [1.29, 1.82) is 0 Å². The van der Waals surface area contributed by atoms with Crippen molar-refractivity contribution in [3.63, 3.8) is 0 Å². The number of aromatic carboxylic acids is 1. The molecule has 0 radical (unpaired) electrons. The van der Waals surface area contributed by atoms with Crippen LogP contribution in [-0.2, 0) is 0 Å². The minimum Gasteiger partial charge on any atom is -0.477 e. The molecule has 6 heteroatoms. The van der Waals surface area contributed by atoms with Crippen molar-refractivity contribution >= 4 is 23.2 Å². The average molecular weight is 228 g/mol. The van der Waals surface area contributed by atoms with Gasteiger partial charge in [-0.1, -0.05) is 0 Å². The van der Waals surface area contributed by atoms with E-state index in [4.69, 9.17) is 10.8 Å². The van der Waals surface area contributed by atoms with Crippen molar-refractivity contribution in [2.45, 2.75) is 6.42 Å². The van der Waals surface area contributed by atoms with E-state index >= 15 is 0 Å². The van der Waals surface area contributed by atoms with Crippen LogP contribution in [0, 0.1) is 0 Å². The van der Waals surface area contributed by atoms with Crippen LogP contribution in [0.4, 0.5) is 0 Å². The fraction of sp³-hybridized carbons (Fsp3) is 0.333. The van der Waals surface area contributed by atoms with Crippen LogP contribution in [0.5, 0.6) is 0 Å². The second kappa shape index (κ2) is 5.47. The molecule has 0 bridgehead atoms. The minimum absolute atomic E-state index is 0.166. The molecule has 0 spiro atoms. The molecule has 0 atom stereocenters. The Morgan fingerprint density at radius 2 is 2.07 bits per heavy atom. The molecule has 1 aromatic rings. The van der Waals surface area contributed by atoms with Gasteiger partial charge in [0.25, 0.3) is 5.91 Å². The van der Waals surface area contributed by atoms with E-state index in [-0.39, 0.29) is 10.8 Å². The number of hydrogen-bond donors (Lipinski definition) is 3. The Morgan fingerprint density at radius 1 is 1.40 bits per heavy atom. The molecule has 0 saturated carbocycles. The lowest BCUT2D eigenvalue weighted by Gasteiger charge is -2.00. The van der Waals surface area contributed by atoms with Gasteiger partial charge in [0.2, 0.25) is 0 Å². The van der Waals surface area contributed by atoms with E-state index < -0.39 is 5.97 Å². The molecule has 0 unspecified atom stereocenters. The third kappa shape index (κ3) is 3.34. The molecule has 0 aliphatic rings. The van der Waals surface area contributed by atoms with Crippen molar-refractivity contribution in [2.75, 3.05) is 13.1 Å². The first-order chi connectivity index (χ1) is 7.15. The smallest absolute Gasteiger partial charge is 0.345 e. The highest BCUT2D eigenvalue weighted by Gasteiger charge is 2.11. The van der Waals surface area contributed by atoms with Crippen LogP contribution in [-0.4, -0.2) is 30.1 Å². The average Bonchev–Trinajstić information content (AvgIpc) is 2.66. The molecule has 82 valence electrons. The maximum Gasteiger partial charge on any atom is 0.345 e. The Kier molecular flexibility index (Phi) is 4.26. The van der Waals surface area contributed by atoms with E-state index in [1.165, 1.54) is 12.1 Å². The van der Waals surface area contributed by atoms with Crippen LogP contribution in [0.1, 0.15) is 25.8 Å². The van der Waals surface area contributed by atoms with Gasteiger partial charge in [0.05, 0.1) is 4.88 Å². The van der Waals surface area contributed by atoms with E-state index in [2.05, 4.69) is 5.32 Å². The normalized spacial score (nSPS) is 9.93. The van der Waals surface area contributed by atoms with E-state index in [0.717, 1.165) is 11.3 Å². The quantitative estimate of drug-likeness (QED) is 0.641. The first kappa shape index (κ1) is 11.7. The first-order valence-corrected chi connectivity index (χ1v) is 5.28. The van der Waals surface area contributed by atoms with Crippen LogP contribution in [0.2, 0.25) is 0 Å². The van der Waals surface area contributed by atoms with Crippen LogP contribution >= 0.6 is 11.3 Å². The highest BCUT2D eigenvalue weighted by Crippen LogP contribution is 2.15. The molecular weight excluding hydrogens is 216 g/mol. The summed E-state index contributed by atoms with van der Waals surface area (Å²) in [5.41, 5.74) is 5.27. The highest BCUT2D eigenvalue weighted by atomic mass is 32.1. The Labute approximate surface area is 90.9 Å². The van der Waals surface area contributed by atoms with Crippen LogP contribution in [0.25, 0.3) is 0 Å². The summed E-state index contributed by atoms with van der Waals surface area (Å²) in [7, 11) is 0. The number of rotatable bonds is 5. The summed E-state index contributed by atoms with van der Waals surface area (Å²) in [6.07, 6.45) is 0.711. The van der Waals surface area contributed by atoms with E-state index in [9.17, 15) is 9.59 Å². The lowest BCUT2D eigenvalue weighted by molar-refractivity contribution is 0.0702. The lowest BCUT2D eigenvalue weighted by atomic mass is 10.4. The van der Waals surface area contributed by atoms with Crippen LogP contribution in [0.3, 0.4) is 0 Å². The number of carbonyl (C=O) groups excluding carboxylic acids is 1. The zero-order valence-corrected chi connectivity index (χ0v) is 8.84. The third-order valence-corrected chi connectivity index (χ3v) is 2.78. The van der Waals surface area contributed by atoms with Gasteiger partial charge in [-0.2, -0.15) is 0 Å². The Hall–Kier alpha value is -1.40. The number of nitrogens with two attached hydrogens (primary N) is 1. The van der Waals surface area contributed by atoms with Gasteiger partial charge in [-0.3, -0.25) is 4.79 Å². The number of hydrogen-bond acceptors (Lipinski definition) is 4. The highest BCUT2D eigenvalue weighted by molar-refractivity contribution is 7.15. The second-order valence-electron chi connectivity index (χ2n) is 2.87. The molecular formula is C9H12N2O3S. The van der Waals surface area contributed by atoms with E-state index in [0.29, 0.717) is 24.4 Å². The number of carboxylic acids is 1. The number of thiophene rings is 1. The maximum atomic E-state index is 11.4. The lowest BCUT2D eigenvalue weighted by Crippen LogP contribution is -2.25. The zero-order chi connectivity index (χ0) is 11.3. The largest absolute Gasteiger partial charge is 0.477 e. The summed E-state index contributed by atoms with van der Waals surface area (Å²) in [4.78, 5) is 22.6. The topological polar surface area (TPSA) is 92.4 Å².